The Kier molecular flexibility index (Phi) is 4.27. The van der Waals surface area contributed by atoms with E-state index in [0.717, 1.165) is 0 Å². The van der Waals surface area contributed by atoms with Crippen molar-refractivity contribution in [3.05, 3.63) is 70.0 Å². The molecule has 2 N–H and O–H groups in total. The molecule has 0 fully saturated rings. The Bertz CT molecular complexity index is 602. The molecule has 6 heteroatoms. The van der Waals surface area contributed by atoms with E-state index >= 15 is 0 Å². The molecule has 5 nitrogen and oxygen atoms in total. The zero-order valence-corrected chi connectivity index (χ0v) is 10.5. The van der Waals surface area contributed by atoms with Crippen molar-refractivity contribution in [2.45, 2.75) is 6.10 Å². The number of aliphatic hydroxyl groups is 1. The first kappa shape index (κ1) is 14.0. The van der Waals surface area contributed by atoms with Gasteiger partial charge in [0.15, 0.2) is 0 Å². The van der Waals surface area contributed by atoms with Crippen LogP contribution in [0.5, 0.6) is 0 Å². The van der Waals surface area contributed by atoms with Crippen LogP contribution in [0.2, 0.25) is 0 Å². The van der Waals surface area contributed by atoms with Crippen molar-refractivity contribution >= 4 is 11.4 Å². The summed E-state index contributed by atoms with van der Waals surface area (Å²) >= 11 is 0. The van der Waals surface area contributed by atoms with E-state index in [1.807, 2.05) is 0 Å². The fraction of sp³-hybridized carbons (Fsp3) is 0.143. The number of nitro benzene ring substituents is 1. The van der Waals surface area contributed by atoms with Crippen LogP contribution in [0.4, 0.5) is 15.8 Å². The van der Waals surface area contributed by atoms with Crippen molar-refractivity contribution in [2.75, 3.05) is 11.9 Å². The van der Waals surface area contributed by atoms with E-state index in [4.69, 9.17) is 0 Å². The summed E-state index contributed by atoms with van der Waals surface area (Å²) in [4.78, 5) is 10.0. The summed E-state index contributed by atoms with van der Waals surface area (Å²) in [7, 11) is 0. The number of hydrogen-bond donors (Lipinski definition) is 2. The summed E-state index contributed by atoms with van der Waals surface area (Å²) in [6.07, 6.45) is -0.879. The number of nitrogens with one attached hydrogen (secondary N) is 1. The van der Waals surface area contributed by atoms with Gasteiger partial charge in [0, 0.05) is 18.7 Å². The van der Waals surface area contributed by atoms with Crippen molar-refractivity contribution in [3.63, 3.8) is 0 Å². The molecular formula is C14H13FN2O3. The third-order valence-electron chi connectivity index (χ3n) is 2.85. The first-order valence-electron chi connectivity index (χ1n) is 5.99. The van der Waals surface area contributed by atoms with E-state index < -0.39 is 16.8 Å². The minimum atomic E-state index is -0.879. The molecule has 20 heavy (non-hydrogen) atoms. The lowest BCUT2D eigenvalue weighted by Gasteiger charge is -2.13. The zero-order chi connectivity index (χ0) is 14.5. The molecule has 104 valence electrons. The van der Waals surface area contributed by atoms with Gasteiger partial charge in [-0.25, -0.2) is 4.39 Å². The minimum absolute atomic E-state index is 0.0389. The highest BCUT2D eigenvalue weighted by molar-refractivity contribution is 5.44. The molecule has 2 aromatic carbocycles. The van der Waals surface area contributed by atoms with Gasteiger partial charge in [-0.3, -0.25) is 10.1 Å². The highest BCUT2D eigenvalue weighted by atomic mass is 19.1. The summed E-state index contributed by atoms with van der Waals surface area (Å²) < 4.78 is 13.4. The Balaban J connectivity index is 2.00. The van der Waals surface area contributed by atoms with Crippen LogP contribution in [0.15, 0.2) is 48.5 Å². The topological polar surface area (TPSA) is 75.4 Å². The van der Waals surface area contributed by atoms with Gasteiger partial charge in [-0.05, 0) is 29.8 Å². The van der Waals surface area contributed by atoms with Crippen LogP contribution in [-0.4, -0.2) is 16.6 Å². The Labute approximate surface area is 114 Å². The van der Waals surface area contributed by atoms with E-state index in [0.29, 0.717) is 11.3 Å². The number of nitro groups is 1. The van der Waals surface area contributed by atoms with Crippen LogP contribution in [0.25, 0.3) is 0 Å². The molecule has 0 saturated carbocycles. The highest BCUT2D eigenvalue weighted by Crippen LogP contribution is 2.19. The number of non-ortho nitro benzene ring substituents is 1. The van der Waals surface area contributed by atoms with Gasteiger partial charge >= 0.3 is 0 Å². The Morgan fingerprint density at radius 1 is 1.20 bits per heavy atom. The monoisotopic (exact) mass is 276 g/mol. The van der Waals surface area contributed by atoms with Crippen molar-refractivity contribution in [2.24, 2.45) is 0 Å². The molecule has 1 unspecified atom stereocenters. The SMILES string of the molecule is O=[N+]([O-])c1ccc(C(O)CNc2ccccc2F)cc1. The first-order chi connectivity index (χ1) is 9.58. The third-order valence-corrected chi connectivity index (χ3v) is 2.85. The lowest BCUT2D eigenvalue weighted by Crippen LogP contribution is -2.12. The second-order valence-electron chi connectivity index (χ2n) is 4.23. The summed E-state index contributed by atoms with van der Waals surface area (Å²) in [5, 5.41) is 23.3. The average Bonchev–Trinajstić information content (AvgIpc) is 2.46. The van der Waals surface area contributed by atoms with Gasteiger partial charge < -0.3 is 10.4 Å². The van der Waals surface area contributed by atoms with Gasteiger partial charge in [0.1, 0.15) is 5.82 Å². The summed E-state index contributed by atoms with van der Waals surface area (Å²) in [6, 6.07) is 11.7. The summed E-state index contributed by atoms with van der Waals surface area (Å²) in [6.45, 7) is 0.110. The largest absolute Gasteiger partial charge is 0.387 e. The maximum Gasteiger partial charge on any atom is 0.269 e. The van der Waals surface area contributed by atoms with Crippen LogP contribution in [0.1, 0.15) is 11.7 Å². The van der Waals surface area contributed by atoms with Crippen molar-refractivity contribution < 1.29 is 14.4 Å². The predicted molar refractivity (Wildman–Crippen MR) is 72.9 cm³/mol. The number of hydrogen-bond acceptors (Lipinski definition) is 4. The molecule has 0 bridgehead atoms. The van der Waals surface area contributed by atoms with Crippen LogP contribution in [-0.2, 0) is 0 Å². The zero-order valence-electron chi connectivity index (χ0n) is 10.5. The molecule has 0 aliphatic rings. The lowest BCUT2D eigenvalue weighted by atomic mass is 10.1. The molecule has 0 heterocycles. The molecular weight excluding hydrogens is 263 g/mol. The fourth-order valence-corrected chi connectivity index (χ4v) is 1.75. The standard InChI is InChI=1S/C14H13FN2O3/c15-12-3-1-2-4-13(12)16-9-14(18)10-5-7-11(8-6-10)17(19)20/h1-8,14,16,18H,9H2. The summed E-state index contributed by atoms with van der Waals surface area (Å²) in [5.74, 6) is -0.400. The van der Waals surface area contributed by atoms with Gasteiger partial charge in [0.05, 0.1) is 16.7 Å². The first-order valence-corrected chi connectivity index (χ1v) is 5.99. The summed E-state index contributed by atoms with van der Waals surface area (Å²) in [5.41, 5.74) is 0.788. The molecule has 0 radical (unpaired) electrons. The van der Waals surface area contributed by atoms with Crippen LogP contribution in [0.3, 0.4) is 0 Å². The van der Waals surface area contributed by atoms with E-state index in [1.165, 1.54) is 30.3 Å². The Morgan fingerprint density at radius 3 is 2.45 bits per heavy atom. The molecule has 0 saturated heterocycles. The molecule has 0 amide bonds. The number of rotatable bonds is 5. The molecule has 2 rings (SSSR count). The van der Waals surface area contributed by atoms with Gasteiger partial charge in [-0.15, -0.1) is 0 Å². The van der Waals surface area contributed by atoms with Crippen molar-refractivity contribution in [1.29, 1.82) is 0 Å². The van der Waals surface area contributed by atoms with E-state index in [9.17, 15) is 19.6 Å². The van der Waals surface area contributed by atoms with Crippen LogP contribution in [0, 0.1) is 15.9 Å². The number of nitrogens with zero attached hydrogens (tertiary/aromatic N) is 1. The fourth-order valence-electron chi connectivity index (χ4n) is 1.75. The van der Waals surface area contributed by atoms with E-state index in [-0.39, 0.29) is 12.2 Å². The van der Waals surface area contributed by atoms with Crippen molar-refractivity contribution in [1.82, 2.24) is 0 Å². The minimum Gasteiger partial charge on any atom is -0.387 e. The Hall–Kier alpha value is -2.47. The average molecular weight is 276 g/mol. The van der Waals surface area contributed by atoms with E-state index in [2.05, 4.69) is 5.32 Å². The predicted octanol–water partition coefficient (Wildman–Crippen LogP) is 2.88. The second kappa shape index (κ2) is 6.12. The van der Waals surface area contributed by atoms with E-state index in [1.54, 1.807) is 18.2 Å². The number of halogens is 1. The number of aliphatic hydroxyl groups excluding tert-OH is 1. The van der Waals surface area contributed by atoms with Gasteiger partial charge in [-0.1, -0.05) is 12.1 Å². The molecule has 2 aromatic rings. The quantitative estimate of drug-likeness (QED) is 0.650. The van der Waals surface area contributed by atoms with Crippen LogP contribution < -0.4 is 5.32 Å². The molecule has 0 spiro atoms. The molecule has 1 atom stereocenters. The van der Waals surface area contributed by atoms with Gasteiger partial charge in [-0.2, -0.15) is 0 Å². The molecule has 0 aliphatic heterocycles. The van der Waals surface area contributed by atoms with Crippen LogP contribution >= 0.6 is 0 Å². The maximum absolute atomic E-state index is 13.4. The Morgan fingerprint density at radius 2 is 1.85 bits per heavy atom. The highest BCUT2D eigenvalue weighted by Gasteiger charge is 2.11. The number of para-hydroxylation sites is 1. The third kappa shape index (κ3) is 3.30. The number of anilines is 1. The molecule has 0 aromatic heterocycles. The number of benzene rings is 2. The smallest absolute Gasteiger partial charge is 0.269 e. The molecule has 0 aliphatic carbocycles. The van der Waals surface area contributed by atoms with Crippen molar-refractivity contribution in [3.8, 4) is 0 Å². The normalized spacial score (nSPS) is 11.9. The lowest BCUT2D eigenvalue weighted by molar-refractivity contribution is -0.384. The van der Waals surface area contributed by atoms with Gasteiger partial charge in [0.25, 0.3) is 5.69 Å². The maximum atomic E-state index is 13.4. The second-order valence-corrected chi connectivity index (χ2v) is 4.23. The van der Waals surface area contributed by atoms with Gasteiger partial charge in [0.2, 0.25) is 0 Å².